The van der Waals surface area contributed by atoms with E-state index in [0.717, 1.165) is 0 Å². The first-order valence-electron chi connectivity index (χ1n) is 5.57. The van der Waals surface area contributed by atoms with Gasteiger partial charge in [-0.3, -0.25) is 11.3 Å². The molecule has 1 aromatic rings. The summed E-state index contributed by atoms with van der Waals surface area (Å²) in [5.41, 5.74) is 4.27. The molecular weight excluding hydrogens is 236 g/mol. The fourth-order valence-electron chi connectivity index (χ4n) is 2.06. The molecule has 3 atom stereocenters. The highest BCUT2D eigenvalue weighted by Crippen LogP contribution is 2.38. The molecule has 1 aliphatic heterocycles. The van der Waals surface area contributed by atoms with Crippen LogP contribution in [0, 0.1) is 0 Å². The van der Waals surface area contributed by atoms with Crippen LogP contribution in [0.25, 0.3) is 0 Å². The van der Waals surface area contributed by atoms with E-state index in [9.17, 15) is 0 Å². The molecule has 0 bridgehead atoms. The van der Waals surface area contributed by atoms with Crippen LogP contribution in [-0.2, 0) is 0 Å². The number of nitrogens with one attached hydrogen (secondary N) is 1. The van der Waals surface area contributed by atoms with E-state index < -0.39 is 0 Å². The molecule has 0 spiro atoms. The molecule has 1 heterocycles. The summed E-state index contributed by atoms with van der Waals surface area (Å²) in [7, 11) is 0. The Morgan fingerprint density at radius 3 is 2.56 bits per heavy atom. The van der Waals surface area contributed by atoms with Gasteiger partial charge in [-0.05, 0) is 5.56 Å². The highest BCUT2D eigenvalue weighted by molar-refractivity contribution is 8.07. The van der Waals surface area contributed by atoms with Gasteiger partial charge in [0.25, 0.3) is 0 Å². The van der Waals surface area contributed by atoms with Crippen molar-refractivity contribution in [3.8, 4) is 0 Å². The minimum atomic E-state index is 0.258. The molecule has 1 aliphatic rings. The van der Waals surface area contributed by atoms with Gasteiger partial charge in [-0.25, -0.2) is 0 Å². The average Bonchev–Trinajstić information content (AvgIpc) is 2.34. The zero-order valence-corrected chi connectivity index (χ0v) is 11.1. The van der Waals surface area contributed by atoms with Crippen LogP contribution in [-0.4, -0.2) is 22.0 Å². The Bertz CT molecular complexity index is 318. The van der Waals surface area contributed by atoms with Crippen LogP contribution in [0.1, 0.15) is 18.5 Å². The first-order chi connectivity index (χ1) is 7.83. The molecule has 0 radical (unpaired) electrons. The first-order valence-corrected chi connectivity index (χ1v) is 7.67. The number of thioether (sulfide) groups is 2. The lowest BCUT2D eigenvalue weighted by molar-refractivity contribution is 0.527. The smallest absolute Gasteiger partial charge is 0.0589 e. The highest BCUT2D eigenvalue weighted by atomic mass is 32.2. The van der Waals surface area contributed by atoms with Gasteiger partial charge < -0.3 is 0 Å². The quantitative estimate of drug-likeness (QED) is 0.642. The minimum absolute atomic E-state index is 0.258. The van der Waals surface area contributed by atoms with Crippen molar-refractivity contribution in [2.75, 3.05) is 11.5 Å². The fraction of sp³-hybridized carbons (Fsp3) is 0.500. The summed E-state index contributed by atoms with van der Waals surface area (Å²) in [4.78, 5) is 0. The molecule has 1 saturated heterocycles. The molecule has 2 rings (SSSR count). The van der Waals surface area contributed by atoms with Crippen molar-refractivity contribution >= 4 is 23.5 Å². The second-order valence-corrected chi connectivity index (χ2v) is 6.74. The van der Waals surface area contributed by atoms with Crippen LogP contribution < -0.4 is 11.3 Å². The molecule has 1 fully saturated rings. The van der Waals surface area contributed by atoms with Crippen LogP contribution in [0.15, 0.2) is 30.3 Å². The number of nitrogens with two attached hydrogens (primary N) is 1. The predicted molar refractivity (Wildman–Crippen MR) is 74.7 cm³/mol. The van der Waals surface area contributed by atoms with Gasteiger partial charge in [0.1, 0.15) is 0 Å². The van der Waals surface area contributed by atoms with Gasteiger partial charge >= 0.3 is 0 Å². The first kappa shape index (κ1) is 12.3. The SMILES string of the molecule is CC1SCCSC1C(NN)c1ccccc1. The number of hydrogen-bond acceptors (Lipinski definition) is 4. The van der Waals surface area contributed by atoms with Crippen molar-refractivity contribution in [2.24, 2.45) is 5.84 Å². The molecule has 2 nitrogen and oxygen atoms in total. The third-order valence-electron chi connectivity index (χ3n) is 2.90. The van der Waals surface area contributed by atoms with E-state index in [4.69, 9.17) is 5.84 Å². The summed E-state index contributed by atoms with van der Waals surface area (Å²) in [6.45, 7) is 2.30. The van der Waals surface area contributed by atoms with Crippen LogP contribution in [0.4, 0.5) is 0 Å². The van der Waals surface area contributed by atoms with E-state index in [2.05, 4.69) is 36.6 Å². The van der Waals surface area contributed by atoms with E-state index in [-0.39, 0.29) is 6.04 Å². The lowest BCUT2D eigenvalue weighted by Gasteiger charge is -2.34. The number of rotatable bonds is 3. The maximum atomic E-state index is 5.73. The summed E-state index contributed by atoms with van der Waals surface area (Å²) in [6.07, 6.45) is 0. The molecule has 0 aromatic heterocycles. The molecular formula is C12H18N2S2. The second-order valence-electron chi connectivity index (χ2n) is 3.97. The van der Waals surface area contributed by atoms with Crippen LogP contribution >= 0.6 is 23.5 Å². The topological polar surface area (TPSA) is 38.0 Å². The lowest BCUT2D eigenvalue weighted by Crippen LogP contribution is -2.40. The summed E-state index contributed by atoms with van der Waals surface area (Å²) < 4.78 is 0. The monoisotopic (exact) mass is 254 g/mol. The minimum Gasteiger partial charge on any atom is -0.271 e. The Balaban J connectivity index is 2.15. The van der Waals surface area contributed by atoms with Crippen molar-refractivity contribution in [3.05, 3.63) is 35.9 Å². The summed E-state index contributed by atoms with van der Waals surface area (Å²) in [5, 5.41) is 1.21. The third-order valence-corrected chi connectivity index (χ3v) is 6.10. The Kier molecular flexibility index (Phi) is 4.58. The summed E-state index contributed by atoms with van der Waals surface area (Å²) in [5.74, 6) is 8.21. The van der Waals surface area contributed by atoms with E-state index >= 15 is 0 Å². The lowest BCUT2D eigenvalue weighted by atomic mass is 10.0. The molecule has 1 aromatic carbocycles. The largest absolute Gasteiger partial charge is 0.271 e. The van der Waals surface area contributed by atoms with Gasteiger partial charge in [-0.2, -0.15) is 23.5 Å². The molecule has 3 N–H and O–H groups in total. The highest BCUT2D eigenvalue weighted by Gasteiger charge is 2.30. The maximum absolute atomic E-state index is 5.73. The normalized spacial score (nSPS) is 27.6. The van der Waals surface area contributed by atoms with Crippen LogP contribution in [0.5, 0.6) is 0 Å². The van der Waals surface area contributed by atoms with Gasteiger partial charge in [0.15, 0.2) is 0 Å². The van der Waals surface area contributed by atoms with E-state index in [1.807, 2.05) is 29.6 Å². The van der Waals surface area contributed by atoms with Crippen molar-refractivity contribution < 1.29 is 0 Å². The molecule has 3 unspecified atom stereocenters. The Morgan fingerprint density at radius 1 is 1.25 bits per heavy atom. The van der Waals surface area contributed by atoms with Crippen molar-refractivity contribution in [3.63, 3.8) is 0 Å². The third kappa shape index (κ3) is 2.74. The Morgan fingerprint density at radius 2 is 1.94 bits per heavy atom. The van der Waals surface area contributed by atoms with Gasteiger partial charge in [-0.15, -0.1) is 0 Å². The van der Waals surface area contributed by atoms with Crippen LogP contribution in [0.2, 0.25) is 0 Å². The molecule has 4 heteroatoms. The number of hydrogen-bond donors (Lipinski definition) is 2. The van der Waals surface area contributed by atoms with Gasteiger partial charge in [-0.1, -0.05) is 37.3 Å². The zero-order valence-electron chi connectivity index (χ0n) is 9.43. The maximum Gasteiger partial charge on any atom is 0.0589 e. The Labute approximate surface area is 106 Å². The number of hydrazine groups is 1. The van der Waals surface area contributed by atoms with Crippen molar-refractivity contribution in [2.45, 2.75) is 23.5 Å². The van der Waals surface area contributed by atoms with Crippen LogP contribution in [0.3, 0.4) is 0 Å². The molecule has 0 amide bonds. The Hall–Kier alpha value is -0.160. The molecule has 0 aliphatic carbocycles. The molecule has 88 valence electrons. The fourth-order valence-corrected chi connectivity index (χ4v) is 4.99. The van der Waals surface area contributed by atoms with Crippen molar-refractivity contribution in [1.82, 2.24) is 5.43 Å². The van der Waals surface area contributed by atoms with E-state index in [0.29, 0.717) is 10.5 Å². The van der Waals surface area contributed by atoms with E-state index in [1.54, 1.807) is 0 Å². The summed E-state index contributed by atoms with van der Waals surface area (Å²) >= 11 is 4.08. The van der Waals surface area contributed by atoms with E-state index in [1.165, 1.54) is 17.1 Å². The second kappa shape index (κ2) is 5.96. The molecule has 16 heavy (non-hydrogen) atoms. The van der Waals surface area contributed by atoms with Gasteiger partial charge in [0.2, 0.25) is 0 Å². The standard InChI is InChI=1S/C12H18N2S2/c1-9-12(16-8-7-15-9)11(14-13)10-5-3-2-4-6-10/h2-6,9,11-12,14H,7-8,13H2,1H3. The average molecular weight is 254 g/mol. The van der Waals surface area contributed by atoms with Gasteiger partial charge in [0.05, 0.1) is 6.04 Å². The number of benzene rings is 1. The molecule has 0 saturated carbocycles. The van der Waals surface area contributed by atoms with Crippen molar-refractivity contribution in [1.29, 1.82) is 0 Å². The van der Waals surface area contributed by atoms with Gasteiger partial charge in [0, 0.05) is 22.0 Å². The zero-order chi connectivity index (χ0) is 11.4. The predicted octanol–water partition coefficient (Wildman–Crippen LogP) is 2.43. The summed E-state index contributed by atoms with van der Waals surface area (Å²) in [6, 6.07) is 10.8.